The van der Waals surface area contributed by atoms with Gasteiger partial charge in [-0.2, -0.15) is 23.7 Å². The van der Waals surface area contributed by atoms with Gasteiger partial charge in [-0.15, -0.1) is 0 Å². The molecule has 5 nitrogen and oxygen atoms in total. The highest BCUT2D eigenvalue weighted by Crippen LogP contribution is 2.35. The standard InChI is InChI=1S/C16H16F3N5/c1-23-4-6-24(7-5-23)15-3-2-13(16(17,18)19)8-14(15)22-11-12(9-20)10-21/h2-3,8,11,22H,4-7H2,1H3. The van der Waals surface area contributed by atoms with E-state index in [9.17, 15) is 13.2 Å². The monoisotopic (exact) mass is 335 g/mol. The van der Waals surface area contributed by atoms with Crippen LogP contribution >= 0.6 is 0 Å². The first-order chi connectivity index (χ1) is 11.3. The number of hydrogen-bond donors (Lipinski definition) is 1. The normalized spacial score (nSPS) is 15.3. The highest BCUT2D eigenvalue weighted by atomic mass is 19.4. The van der Waals surface area contributed by atoms with E-state index in [1.165, 1.54) is 6.07 Å². The summed E-state index contributed by atoms with van der Waals surface area (Å²) in [5.74, 6) is 0. The molecule has 1 heterocycles. The Hall–Kier alpha value is -2.71. The maximum atomic E-state index is 13.0. The van der Waals surface area contributed by atoms with Crippen LogP contribution in [0.3, 0.4) is 0 Å². The van der Waals surface area contributed by atoms with Gasteiger partial charge < -0.3 is 15.1 Å². The van der Waals surface area contributed by atoms with E-state index in [1.807, 2.05) is 11.9 Å². The highest BCUT2D eigenvalue weighted by Gasteiger charge is 2.31. The largest absolute Gasteiger partial charge is 0.416 e. The summed E-state index contributed by atoms with van der Waals surface area (Å²) in [4.78, 5) is 4.12. The van der Waals surface area contributed by atoms with Gasteiger partial charge in [0.1, 0.15) is 17.7 Å². The molecule has 0 aliphatic carbocycles. The number of hydrogen-bond acceptors (Lipinski definition) is 5. The minimum Gasteiger partial charge on any atom is -0.367 e. The smallest absolute Gasteiger partial charge is 0.367 e. The fraction of sp³-hybridized carbons (Fsp3) is 0.375. The lowest BCUT2D eigenvalue weighted by Crippen LogP contribution is -2.44. The first kappa shape index (κ1) is 17.6. The van der Waals surface area contributed by atoms with Crippen molar-refractivity contribution in [3.8, 4) is 12.1 Å². The first-order valence-electron chi connectivity index (χ1n) is 7.27. The molecule has 1 aromatic rings. The van der Waals surface area contributed by atoms with Crippen LogP contribution in [0.15, 0.2) is 30.0 Å². The van der Waals surface area contributed by atoms with Crippen molar-refractivity contribution in [2.75, 3.05) is 43.4 Å². The second kappa shape index (κ2) is 7.24. The number of likely N-dealkylation sites (N-methyl/N-ethyl adjacent to an activating group) is 1. The lowest BCUT2D eigenvalue weighted by atomic mass is 10.1. The minimum atomic E-state index is -4.46. The number of nitriles is 2. The molecule has 126 valence electrons. The summed E-state index contributed by atoms with van der Waals surface area (Å²) in [6.45, 7) is 2.98. The molecule has 1 fully saturated rings. The van der Waals surface area contributed by atoms with Crippen molar-refractivity contribution in [3.05, 3.63) is 35.5 Å². The van der Waals surface area contributed by atoms with Gasteiger partial charge in [-0.1, -0.05) is 0 Å². The average molecular weight is 335 g/mol. The molecule has 1 N–H and O–H groups in total. The fourth-order valence-corrected chi connectivity index (χ4v) is 2.39. The summed E-state index contributed by atoms with van der Waals surface area (Å²) < 4.78 is 38.9. The number of piperazine rings is 1. The third-order valence-electron chi connectivity index (χ3n) is 3.78. The van der Waals surface area contributed by atoms with E-state index in [2.05, 4.69) is 10.2 Å². The van der Waals surface area contributed by atoms with Crippen LogP contribution in [0.5, 0.6) is 0 Å². The average Bonchev–Trinajstić information content (AvgIpc) is 2.55. The zero-order valence-electron chi connectivity index (χ0n) is 13.1. The molecule has 8 heteroatoms. The molecule has 0 radical (unpaired) electrons. The Kier molecular flexibility index (Phi) is 5.32. The van der Waals surface area contributed by atoms with Crippen LogP contribution in [0.2, 0.25) is 0 Å². The van der Waals surface area contributed by atoms with Crippen molar-refractivity contribution in [1.82, 2.24) is 4.90 Å². The SMILES string of the molecule is CN1CCN(c2ccc(C(F)(F)F)cc2NC=C(C#N)C#N)CC1. The Morgan fingerprint density at radius 1 is 1.17 bits per heavy atom. The minimum absolute atomic E-state index is 0.211. The van der Waals surface area contributed by atoms with Crippen LogP contribution in [0.25, 0.3) is 0 Å². The molecular weight excluding hydrogens is 319 g/mol. The van der Waals surface area contributed by atoms with E-state index < -0.39 is 11.7 Å². The maximum absolute atomic E-state index is 13.0. The molecule has 1 aromatic carbocycles. The van der Waals surface area contributed by atoms with Crippen molar-refractivity contribution >= 4 is 11.4 Å². The van der Waals surface area contributed by atoms with Gasteiger partial charge in [0.15, 0.2) is 0 Å². The van der Waals surface area contributed by atoms with Crippen LogP contribution in [0.1, 0.15) is 5.56 Å². The maximum Gasteiger partial charge on any atom is 0.416 e. The van der Waals surface area contributed by atoms with Crippen molar-refractivity contribution in [3.63, 3.8) is 0 Å². The van der Waals surface area contributed by atoms with Gasteiger partial charge in [0, 0.05) is 32.4 Å². The van der Waals surface area contributed by atoms with E-state index in [0.717, 1.165) is 31.4 Å². The topological polar surface area (TPSA) is 66.1 Å². The number of rotatable bonds is 3. The van der Waals surface area contributed by atoms with E-state index in [-0.39, 0.29) is 11.3 Å². The van der Waals surface area contributed by atoms with Crippen LogP contribution in [-0.4, -0.2) is 38.1 Å². The van der Waals surface area contributed by atoms with Gasteiger partial charge in [0.2, 0.25) is 0 Å². The summed E-state index contributed by atoms with van der Waals surface area (Å²) in [6, 6.07) is 6.79. The van der Waals surface area contributed by atoms with Crippen LogP contribution in [-0.2, 0) is 6.18 Å². The highest BCUT2D eigenvalue weighted by molar-refractivity contribution is 5.73. The molecule has 0 amide bonds. The lowest BCUT2D eigenvalue weighted by Gasteiger charge is -2.35. The second-order valence-corrected chi connectivity index (χ2v) is 5.45. The van der Waals surface area contributed by atoms with Crippen molar-refractivity contribution in [2.24, 2.45) is 0 Å². The third-order valence-corrected chi connectivity index (χ3v) is 3.78. The zero-order chi connectivity index (χ0) is 17.7. The summed E-state index contributed by atoms with van der Waals surface area (Å²) in [6.07, 6.45) is -3.34. The second-order valence-electron chi connectivity index (χ2n) is 5.45. The Morgan fingerprint density at radius 2 is 1.79 bits per heavy atom. The summed E-state index contributed by atoms with van der Waals surface area (Å²) in [5, 5.41) is 20.2. The quantitative estimate of drug-likeness (QED) is 0.861. The van der Waals surface area contributed by atoms with Crippen LogP contribution in [0.4, 0.5) is 24.5 Å². The number of anilines is 2. The van der Waals surface area contributed by atoms with Gasteiger partial charge in [-0.25, -0.2) is 0 Å². The molecule has 0 atom stereocenters. The van der Waals surface area contributed by atoms with Gasteiger partial charge in [-0.05, 0) is 25.2 Å². The summed E-state index contributed by atoms with van der Waals surface area (Å²) >= 11 is 0. The molecular formula is C16H16F3N5. The van der Waals surface area contributed by atoms with Gasteiger partial charge in [0.25, 0.3) is 0 Å². The predicted octanol–water partition coefficient (Wildman–Crippen LogP) is 2.80. The number of halogens is 3. The van der Waals surface area contributed by atoms with Gasteiger partial charge in [0.05, 0.1) is 16.9 Å². The molecule has 2 rings (SSSR count). The van der Waals surface area contributed by atoms with Gasteiger partial charge in [-0.3, -0.25) is 0 Å². The fourth-order valence-electron chi connectivity index (χ4n) is 2.39. The summed E-state index contributed by atoms with van der Waals surface area (Å²) in [5.41, 5.74) is -0.163. The van der Waals surface area contributed by atoms with Crippen LogP contribution < -0.4 is 10.2 Å². The molecule has 1 aliphatic rings. The van der Waals surface area contributed by atoms with E-state index >= 15 is 0 Å². The number of alkyl halides is 3. The molecule has 1 saturated heterocycles. The molecule has 0 spiro atoms. The molecule has 24 heavy (non-hydrogen) atoms. The van der Waals surface area contributed by atoms with Crippen LogP contribution in [0, 0.1) is 22.7 Å². The number of nitrogens with zero attached hydrogens (tertiary/aromatic N) is 4. The number of nitrogens with one attached hydrogen (secondary N) is 1. The van der Waals surface area contributed by atoms with E-state index in [1.54, 1.807) is 12.1 Å². The third kappa shape index (κ3) is 4.18. The number of allylic oxidation sites excluding steroid dienone is 1. The summed E-state index contributed by atoms with van der Waals surface area (Å²) in [7, 11) is 1.98. The first-order valence-corrected chi connectivity index (χ1v) is 7.27. The molecule has 0 aromatic heterocycles. The molecule has 0 bridgehead atoms. The van der Waals surface area contributed by atoms with Crippen molar-refractivity contribution in [1.29, 1.82) is 10.5 Å². The Balaban J connectivity index is 2.37. The van der Waals surface area contributed by atoms with Crippen molar-refractivity contribution in [2.45, 2.75) is 6.18 Å². The number of benzene rings is 1. The Labute approximate surface area is 138 Å². The molecule has 0 unspecified atom stereocenters. The Bertz CT molecular complexity index is 688. The van der Waals surface area contributed by atoms with E-state index in [0.29, 0.717) is 18.8 Å². The predicted molar refractivity (Wildman–Crippen MR) is 84.1 cm³/mol. The van der Waals surface area contributed by atoms with Gasteiger partial charge >= 0.3 is 6.18 Å². The molecule has 0 saturated carbocycles. The van der Waals surface area contributed by atoms with E-state index in [4.69, 9.17) is 10.5 Å². The zero-order valence-corrected chi connectivity index (χ0v) is 13.1. The Morgan fingerprint density at radius 3 is 2.33 bits per heavy atom. The van der Waals surface area contributed by atoms with Crippen molar-refractivity contribution < 1.29 is 13.2 Å². The lowest BCUT2D eigenvalue weighted by molar-refractivity contribution is -0.137. The molecule has 1 aliphatic heterocycles.